The topological polar surface area (TPSA) is 50.2 Å². The standard InChI is InChI=1S/C16H19NO2/c1-5-10-6-7-13-11(8-10)12(15(18)19)9-14(17-13)16(2,3)4/h6-9H,5H2,1-4H3,(H,18,19). The Balaban J connectivity index is 2.79. The first kappa shape index (κ1) is 13.5. The second-order valence-corrected chi connectivity index (χ2v) is 5.82. The summed E-state index contributed by atoms with van der Waals surface area (Å²) in [5, 5.41) is 10.1. The molecule has 0 radical (unpaired) electrons. The summed E-state index contributed by atoms with van der Waals surface area (Å²) in [7, 11) is 0. The molecule has 0 bridgehead atoms. The molecule has 1 heterocycles. The Labute approximate surface area is 113 Å². The Bertz CT molecular complexity index is 639. The van der Waals surface area contributed by atoms with E-state index in [9.17, 15) is 9.90 Å². The number of hydrogen-bond donors (Lipinski definition) is 1. The quantitative estimate of drug-likeness (QED) is 0.890. The van der Waals surface area contributed by atoms with E-state index in [1.54, 1.807) is 6.07 Å². The first-order valence-corrected chi connectivity index (χ1v) is 6.50. The zero-order valence-electron chi connectivity index (χ0n) is 11.8. The van der Waals surface area contributed by atoms with E-state index < -0.39 is 5.97 Å². The van der Waals surface area contributed by atoms with Gasteiger partial charge in [-0.25, -0.2) is 4.79 Å². The lowest BCUT2D eigenvalue weighted by molar-refractivity contribution is 0.0699. The molecule has 19 heavy (non-hydrogen) atoms. The van der Waals surface area contributed by atoms with E-state index in [0.717, 1.165) is 28.6 Å². The zero-order valence-corrected chi connectivity index (χ0v) is 11.8. The molecule has 0 unspecified atom stereocenters. The molecule has 0 aliphatic carbocycles. The van der Waals surface area contributed by atoms with Gasteiger partial charge in [-0.1, -0.05) is 33.8 Å². The van der Waals surface area contributed by atoms with Crippen molar-refractivity contribution in [2.45, 2.75) is 39.5 Å². The summed E-state index contributed by atoms with van der Waals surface area (Å²) in [6, 6.07) is 7.55. The lowest BCUT2D eigenvalue weighted by atomic mass is 9.89. The fourth-order valence-corrected chi connectivity index (χ4v) is 2.05. The van der Waals surface area contributed by atoms with Crippen LogP contribution in [0.25, 0.3) is 10.9 Å². The molecule has 100 valence electrons. The number of carbonyl (C=O) groups is 1. The molecule has 1 aromatic heterocycles. The van der Waals surface area contributed by atoms with Crippen molar-refractivity contribution in [3.63, 3.8) is 0 Å². The van der Waals surface area contributed by atoms with Crippen LogP contribution in [0, 0.1) is 0 Å². The number of hydrogen-bond acceptors (Lipinski definition) is 2. The molecule has 0 fully saturated rings. The molecule has 0 spiro atoms. The Kier molecular flexibility index (Phi) is 3.31. The summed E-state index contributed by atoms with van der Waals surface area (Å²) >= 11 is 0. The number of carboxylic acids is 1. The minimum Gasteiger partial charge on any atom is -0.478 e. The number of carboxylic acid groups (broad SMARTS) is 1. The van der Waals surface area contributed by atoms with Crippen LogP contribution in [0.1, 0.15) is 49.3 Å². The lowest BCUT2D eigenvalue weighted by Gasteiger charge is -2.19. The van der Waals surface area contributed by atoms with Crippen molar-refractivity contribution in [3.8, 4) is 0 Å². The number of fused-ring (bicyclic) bond motifs is 1. The molecular weight excluding hydrogens is 238 g/mol. The Morgan fingerprint density at radius 2 is 1.95 bits per heavy atom. The molecular formula is C16H19NO2. The average Bonchev–Trinajstić information content (AvgIpc) is 2.35. The number of pyridine rings is 1. The summed E-state index contributed by atoms with van der Waals surface area (Å²) in [4.78, 5) is 16.1. The van der Waals surface area contributed by atoms with Crippen LogP contribution >= 0.6 is 0 Å². The van der Waals surface area contributed by atoms with Crippen molar-refractivity contribution in [1.29, 1.82) is 0 Å². The number of rotatable bonds is 2. The van der Waals surface area contributed by atoms with Gasteiger partial charge in [0.1, 0.15) is 0 Å². The van der Waals surface area contributed by atoms with Crippen molar-refractivity contribution >= 4 is 16.9 Å². The molecule has 0 amide bonds. The van der Waals surface area contributed by atoms with Crippen molar-refractivity contribution in [1.82, 2.24) is 4.98 Å². The summed E-state index contributed by atoms with van der Waals surface area (Å²) in [6.45, 7) is 8.16. The highest BCUT2D eigenvalue weighted by atomic mass is 16.4. The Morgan fingerprint density at radius 3 is 2.47 bits per heavy atom. The minimum atomic E-state index is -0.897. The number of benzene rings is 1. The van der Waals surface area contributed by atoms with Crippen molar-refractivity contribution in [2.75, 3.05) is 0 Å². The number of aromatic nitrogens is 1. The summed E-state index contributed by atoms with van der Waals surface area (Å²) in [6.07, 6.45) is 0.885. The fourth-order valence-electron chi connectivity index (χ4n) is 2.05. The largest absolute Gasteiger partial charge is 0.478 e. The molecule has 2 aromatic rings. The molecule has 2 rings (SSSR count). The van der Waals surface area contributed by atoms with Crippen LogP contribution in [-0.2, 0) is 11.8 Å². The van der Waals surface area contributed by atoms with Gasteiger partial charge < -0.3 is 5.11 Å². The third-order valence-electron chi connectivity index (χ3n) is 3.28. The van der Waals surface area contributed by atoms with Crippen LogP contribution in [0.2, 0.25) is 0 Å². The maximum absolute atomic E-state index is 11.5. The van der Waals surface area contributed by atoms with E-state index in [2.05, 4.69) is 11.9 Å². The summed E-state index contributed by atoms with van der Waals surface area (Å²) in [5.41, 5.74) is 2.86. The normalized spacial score (nSPS) is 11.8. The first-order chi connectivity index (χ1) is 8.82. The van der Waals surface area contributed by atoms with Crippen LogP contribution in [-0.4, -0.2) is 16.1 Å². The molecule has 3 heteroatoms. The maximum atomic E-state index is 11.5. The third-order valence-corrected chi connectivity index (χ3v) is 3.28. The van der Waals surface area contributed by atoms with E-state index in [1.165, 1.54) is 0 Å². The van der Waals surface area contributed by atoms with Gasteiger partial charge in [0.05, 0.1) is 11.1 Å². The Morgan fingerprint density at radius 1 is 1.26 bits per heavy atom. The molecule has 0 saturated carbocycles. The number of aromatic carboxylic acids is 1. The van der Waals surface area contributed by atoms with E-state index in [4.69, 9.17) is 0 Å². The summed E-state index contributed by atoms with van der Waals surface area (Å²) < 4.78 is 0. The Hall–Kier alpha value is -1.90. The molecule has 0 saturated heterocycles. The van der Waals surface area contributed by atoms with Crippen LogP contribution in [0.5, 0.6) is 0 Å². The highest BCUT2D eigenvalue weighted by Gasteiger charge is 2.20. The number of aryl methyl sites for hydroxylation is 1. The van der Waals surface area contributed by atoms with Gasteiger partial charge in [0, 0.05) is 16.5 Å². The van der Waals surface area contributed by atoms with Crippen LogP contribution in [0.15, 0.2) is 24.3 Å². The van der Waals surface area contributed by atoms with Gasteiger partial charge >= 0.3 is 5.97 Å². The van der Waals surface area contributed by atoms with Crippen molar-refractivity contribution < 1.29 is 9.90 Å². The predicted molar refractivity (Wildman–Crippen MR) is 76.8 cm³/mol. The molecule has 1 aromatic carbocycles. The fraction of sp³-hybridized carbons (Fsp3) is 0.375. The monoisotopic (exact) mass is 257 g/mol. The van der Waals surface area contributed by atoms with Gasteiger partial charge in [-0.05, 0) is 30.2 Å². The van der Waals surface area contributed by atoms with Gasteiger partial charge in [-0.15, -0.1) is 0 Å². The highest BCUT2D eigenvalue weighted by molar-refractivity contribution is 6.02. The van der Waals surface area contributed by atoms with Gasteiger partial charge in [0.25, 0.3) is 0 Å². The van der Waals surface area contributed by atoms with Crippen molar-refractivity contribution in [2.24, 2.45) is 0 Å². The van der Waals surface area contributed by atoms with E-state index in [-0.39, 0.29) is 5.41 Å². The first-order valence-electron chi connectivity index (χ1n) is 6.50. The second kappa shape index (κ2) is 4.65. The zero-order chi connectivity index (χ0) is 14.2. The van der Waals surface area contributed by atoms with Gasteiger partial charge in [-0.3, -0.25) is 4.98 Å². The van der Waals surface area contributed by atoms with E-state index in [0.29, 0.717) is 5.56 Å². The average molecular weight is 257 g/mol. The predicted octanol–water partition coefficient (Wildman–Crippen LogP) is 3.79. The second-order valence-electron chi connectivity index (χ2n) is 5.82. The van der Waals surface area contributed by atoms with Crippen LogP contribution in [0.3, 0.4) is 0 Å². The minimum absolute atomic E-state index is 0.165. The van der Waals surface area contributed by atoms with Gasteiger partial charge in [-0.2, -0.15) is 0 Å². The molecule has 1 N–H and O–H groups in total. The summed E-state index contributed by atoms with van der Waals surface area (Å²) in [5.74, 6) is -0.897. The van der Waals surface area contributed by atoms with E-state index in [1.807, 2.05) is 39.0 Å². The molecule has 0 aliphatic heterocycles. The smallest absolute Gasteiger partial charge is 0.336 e. The van der Waals surface area contributed by atoms with Crippen molar-refractivity contribution in [3.05, 3.63) is 41.1 Å². The lowest BCUT2D eigenvalue weighted by Crippen LogP contribution is -2.15. The van der Waals surface area contributed by atoms with Crippen LogP contribution in [0.4, 0.5) is 0 Å². The van der Waals surface area contributed by atoms with E-state index >= 15 is 0 Å². The van der Waals surface area contributed by atoms with Gasteiger partial charge in [0.15, 0.2) is 0 Å². The number of nitrogens with zero attached hydrogens (tertiary/aromatic N) is 1. The third kappa shape index (κ3) is 2.60. The maximum Gasteiger partial charge on any atom is 0.336 e. The highest BCUT2D eigenvalue weighted by Crippen LogP contribution is 2.27. The molecule has 0 aliphatic rings. The molecule has 3 nitrogen and oxygen atoms in total. The van der Waals surface area contributed by atoms with Gasteiger partial charge in [0.2, 0.25) is 0 Å². The molecule has 0 atom stereocenters. The van der Waals surface area contributed by atoms with Crippen LogP contribution < -0.4 is 0 Å². The SMILES string of the molecule is CCc1ccc2nc(C(C)(C)C)cc(C(=O)O)c2c1.